The van der Waals surface area contributed by atoms with Crippen molar-refractivity contribution in [2.45, 2.75) is 94.9 Å². The molecule has 1 heterocycles. The van der Waals surface area contributed by atoms with Crippen molar-refractivity contribution >= 4 is 46.9 Å². The van der Waals surface area contributed by atoms with Crippen molar-refractivity contribution in [3.63, 3.8) is 0 Å². The van der Waals surface area contributed by atoms with E-state index in [9.17, 15) is 4.79 Å². The number of unbranched alkanes of at least 4 members (excludes halogenated alkanes) is 9. The van der Waals surface area contributed by atoms with Gasteiger partial charge in [0.1, 0.15) is 5.03 Å². The summed E-state index contributed by atoms with van der Waals surface area (Å²) < 4.78 is 0. The number of carbonyl (C=O) groups is 1. The van der Waals surface area contributed by atoms with Crippen LogP contribution in [0.1, 0.15) is 85.0 Å². The number of nitrogens with zero attached hydrogens (tertiary/aromatic N) is 1. The maximum atomic E-state index is 12.4. The number of rotatable bonds is 18. The summed E-state index contributed by atoms with van der Waals surface area (Å²) in [5.41, 5.74) is 0.899. The van der Waals surface area contributed by atoms with Crippen molar-refractivity contribution in [3.05, 3.63) is 12.3 Å². The third-order valence-corrected chi connectivity index (χ3v) is 7.45. The summed E-state index contributed by atoms with van der Waals surface area (Å²) in [6.45, 7) is 6.51. The van der Waals surface area contributed by atoms with Gasteiger partial charge in [-0.15, -0.1) is 23.5 Å². The Bertz CT molecular complexity index is 531. The molecule has 166 valence electrons. The number of carbonyl (C=O) groups excluding carboxylic acids is 1. The highest BCUT2D eigenvalue weighted by Crippen LogP contribution is 2.34. The molecule has 0 spiro atoms. The van der Waals surface area contributed by atoms with Gasteiger partial charge in [-0.3, -0.25) is 4.79 Å². The van der Waals surface area contributed by atoms with E-state index in [1.165, 1.54) is 64.2 Å². The Morgan fingerprint density at radius 2 is 1.52 bits per heavy atom. The molecule has 0 saturated carbocycles. The summed E-state index contributed by atoms with van der Waals surface area (Å²) >= 11 is 5.19. The van der Waals surface area contributed by atoms with Gasteiger partial charge in [0.05, 0.1) is 11.4 Å². The van der Waals surface area contributed by atoms with Crippen LogP contribution in [0.3, 0.4) is 0 Å². The van der Waals surface area contributed by atoms with E-state index in [0.717, 1.165) is 32.9 Å². The van der Waals surface area contributed by atoms with E-state index in [0.29, 0.717) is 5.75 Å². The molecule has 1 aromatic heterocycles. The molecule has 1 rings (SSSR count). The second-order valence-electron chi connectivity index (χ2n) is 7.14. The number of hydrogen-bond acceptors (Lipinski definition) is 5. The number of hydrogen-bond donors (Lipinski definition) is 1. The Kier molecular flexibility index (Phi) is 17.0. The van der Waals surface area contributed by atoms with Gasteiger partial charge in [0, 0.05) is 11.1 Å². The van der Waals surface area contributed by atoms with Crippen molar-refractivity contribution in [2.24, 2.45) is 0 Å². The number of aromatic nitrogens is 1. The fourth-order valence-electron chi connectivity index (χ4n) is 3.09. The van der Waals surface area contributed by atoms with Gasteiger partial charge in [-0.2, -0.15) is 11.8 Å². The van der Waals surface area contributed by atoms with E-state index >= 15 is 0 Å². The normalized spacial score (nSPS) is 11.0. The molecule has 0 saturated heterocycles. The highest BCUT2D eigenvalue weighted by molar-refractivity contribution is 8.00. The number of thioether (sulfide) groups is 3. The minimum Gasteiger partial charge on any atom is -0.322 e. The van der Waals surface area contributed by atoms with Crippen LogP contribution in [-0.4, -0.2) is 33.9 Å². The van der Waals surface area contributed by atoms with Crippen LogP contribution < -0.4 is 5.32 Å². The van der Waals surface area contributed by atoms with Gasteiger partial charge >= 0.3 is 0 Å². The average molecular weight is 457 g/mol. The van der Waals surface area contributed by atoms with Crippen molar-refractivity contribution < 1.29 is 4.79 Å². The first-order valence-corrected chi connectivity index (χ1v) is 14.5. The van der Waals surface area contributed by atoms with Crippen LogP contribution in [0.5, 0.6) is 0 Å². The van der Waals surface area contributed by atoms with E-state index < -0.39 is 0 Å². The van der Waals surface area contributed by atoms with Gasteiger partial charge in [-0.1, -0.05) is 78.6 Å². The predicted octanol–water partition coefficient (Wildman–Crippen LogP) is 7.90. The van der Waals surface area contributed by atoms with Crippen LogP contribution in [0, 0.1) is 0 Å². The van der Waals surface area contributed by atoms with E-state index in [-0.39, 0.29) is 5.91 Å². The second kappa shape index (κ2) is 18.4. The molecular weight excluding hydrogens is 416 g/mol. The molecule has 0 radical (unpaired) electrons. The maximum absolute atomic E-state index is 12.4. The lowest BCUT2D eigenvalue weighted by molar-refractivity contribution is -0.113. The first-order chi connectivity index (χ1) is 14.2. The third kappa shape index (κ3) is 12.8. The van der Waals surface area contributed by atoms with Crippen molar-refractivity contribution in [2.75, 3.05) is 28.3 Å². The van der Waals surface area contributed by atoms with Gasteiger partial charge in [0.15, 0.2) is 0 Å². The molecule has 1 aromatic rings. The van der Waals surface area contributed by atoms with E-state index in [1.807, 2.05) is 12.3 Å². The van der Waals surface area contributed by atoms with Crippen molar-refractivity contribution in [1.82, 2.24) is 4.98 Å². The molecule has 0 aromatic carbocycles. The van der Waals surface area contributed by atoms with Crippen molar-refractivity contribution in [1.29, 1.82) is 0 Å². The zero-order chi connectivity index (χ0) is 21.2. The molecule has 1 N–H and O–H groups in total. The SMILES string of the molecule is CCCCCCCCCCCCSCC(=O)Nc1c(SCC)ccnc1SCC. The molecule has 29 heavy (non-hydrogen) atoms. The summed E-state index contributed by atoms with van der Waals surface area (Å²) in [7, 11) is 0. The van der Waals surface area contributed by atoms with Crippen LogP contribution in [0.4, 0.5) is 5.69 Å². The Morgan fingerprint density at radius 3 is 2.14 bits per heavy atom. The second-order valence-corrected chi connectivity index (χ2v) is 10.8. The molecule has 0 aliphatic heterocycles. The van der Waals surface area contributed by atoms with E-state index in [1.54, 1.807) is 35.3 Å². The standard InChI is InChI=1S/C23H40N2OS3/c1-4-7-8-9-10-11-12-13-14-15-18-27-19-21(26)25-22-20(28-5-2)16-17-24-23(22)29-6-3/h16-17H,4-15,18-19H2,1-3H3,(H,25,26). The summed E-state index contributed by atoms with van der Waals surface area (Å²) in [6, 6.07) is 2.00. The molecule has 3 nitrogen and oxygen atoms in total. The largest absolute Gasteiger partial charge is 0.322 e. The summed E-state index contributed by atoms with van der Waals surface area (Å²) in [5, 5.41) is 4.05. The molecule has 0 fully saturated rings. The molecule has 0 bridgehead atoms. The topological polar surface area (TPSA) is 42.0 Å². The van der Waals surface area contributed by atoms with Gasteiger partial charge in [0.25, 0.3) is 0 Å². The lowest BCUT2D eigenvalue weighted by Crippen LogP contribution is -2.16. The Balaban J connectivity index is 2.18. The van der Waals surface area contributed by atoms with Crippen molar-refractivity contribution in [3.8, 4) is 0 Å². The summed E-state index contributed by atoms with van der Waals surface area (Å²) in [4.78, 5) is 18.0. The smallest absolute Gasteiger partial charge is 0.234 e. The molecule has 0 aliphatic carbocycles. The maximum Gasteiger partial charge on any atom is 0.234 e. The Morgan fingerprint density at radius 1 is 0.897 bits per heavy atom. The zero-order valence-electron chi connectivity index (χ0n) is 18.6. The average Bonchev–Trinajstić information content (AvgIpc) is 2.71. The molecule has 0 unspecified atom stereocenters. The summed E-state index contributed by atoms with van der Waals surface area (Å²) in [6.07, 6.45) is 15.4. The first-order valence-electron chi connectivity index (χ1n) is 11.3. The lowest BCUT2D eigenvalue weighted by atomic mass is 10.1. The lowest BCUT2D eigenvalue weighted by Gasteiger charge is -2.13. The van der Waals surface area contributed by atoms with Crippen LogP contribution in [-0.2, 0) is 4.79 Å². The highest BCUT2D eigenvalue weighted by atomic mass is 32.2. The predicted molar refractivity (Wildman–Crippen MR) is 135 cm³/mol. The Labute approximate surface area is 191 Å². The molecular formula is C23H40N2OS3. The van der Waals surface area contributed by atoms with Crippen LogP contribution in [0.2, 0.25) is 0 Å². The Hall–Kier alpha value is -0.330. The highest BCUT2D eigenvalue weighted by Gasteiger charge is 2.13. The minimum absolute atomic E-state index is 0.0889. The van der Waals surface area contributed by atoms with Crippen LogP contribution in [0.15, 0.2) is 22.2 Å². The van der Waals surface area contributed by atoms with Crippen LogP contribution >= 0.6 is 35.3 Å². The van der Waals surface area contributed by atoms with E-state index in [4.69, 9.17) is 0 Å². The molecule has 6 heteroatoms. The number of anilines is 1. The van der Waals surface area contributed by atoms with Gasteiger partial charge in [0.2, 0.25) is 5.91 Å². The van der Waals surface area contributed by atoms with Gasteiger partial charge < -0.3 is 5.32 Å². The molecule has 0 atom stereocenters. The van der Waals surface area contributed by atoms with Gasteiger partial charge in [-0.25, -0.2) is 4.98 Å². The number of nitrogens with one attached hydrogen (secondary N) is 1. The first kappa shape index (κ1) is 26.7. The number of amides is 1. The summed E-state index contributed by atoms with van der Waals surface area (Å²) in [5.74, 6) is 3.62. The fraction of sp³-hybridized carbons (Fsp3) is 0.739. The molecule has 0 aliphatic rings. The molecule has 1 amide bonds. The van der Waals surface area contributed by atoms with Crippen LogP contribution in [0.25, 0.3) is 0 Å². The zero-order valence-corrected chi connectivity index (χ0v) is 21.1. The third-order valence-electron chi connectivity index (χ3n) is 4.60. The van der Waals surface area contributed by atoms with Gasteiger partial charge in [-0.05, 0) is 29.7 Å². The fourth-order valence-corrected chi connectivity index (χ4v) is 5.44. The van der Waals surface area contributed by atoms with E-state index in [2.05, 4.69) is 31.1 Å². The number of pyridine rings is 1. The monoisotopic (exact) mass is 456 g/mol. The quantitative estimate of drug-likeness (QED) is 0.180. The minimum atomic E-state index is 0.0889.